The van der Waals surface area contributed by atoms with Gasteiger partial charge in [-0.2, -0.15) is 0 Å². The maximum Gasteiger partial charge on any atom is 0.271 e. The number of anilines is 2. The van der Waals surface area contributed by atoms with Crippen LogP contribution in [0.2, 0.25) is 5.02 Å². The minimum Gasteiger partial charge on any atom is -0.497 e. The zero-order valence-electron chi connectivity index (χ0n) is 18.9. The number of amides is 2. The van der Waals surface area contributed by atoms with Crippen molar-refractivity contribution in [3.8, 4) is 5.75 Å². The Labute approximate surface area is 193 Å². The quantitative estimate of drug-likeness (QED) is 0.601. The molecule has 3 N–H and O–H groups in total. The van der Waals surface area contributed by atoms with Gasteiger partial charge in [-0.1, -0.05) is 38.4 Å². The van der Waals surface area contributed by atoms with Gasteiger partial charge in [0.05, 0.1) is 18.3 Å². The molecule has 0 atom stereocenters. The molecule has 3 rings (SSSR count). The molecular weight excluding hydrogens is 430 g/mol. The van der Waals surface area contributed by atoms with E-state index in [1.54, 1.807) is 13.2 Å². The maximum atomic E-state index is 12.8. The van der Waals surface area contributed by atoms with Crippen molar-refractivity contribution in [2.75, 3.05) is 12.4 Å². The summed E-state index contributed by atoms with van der Waals surface area (Å²) >= 11 is 6.20. The predicted octanol–water partition coefficient (Wildman–Crippen LogP) is 4.09. The van der Waals surface area contributed by atoms with Gasteiger partial charge in [-0.05, 0) is 37.8 Å². The molecule has 1 aromatic heterocycles. The summed E-state index contributed by atoms with van der Waals surface area (Å²) in [7, 11) is 1.59. The van der Waals surface area contributed by atoms with E-state index in [-0.39, 0.29) is 40.6 Å². The van der Waals surface area contributed by atoms with Gasteiger partial charge < -0.3 is 20.7 Å². The fourth-order valence-corrected chi connectivity index (χ4v) is 3.63. The smallest absolute Gasteiger partial charge is 0.271 e. The van der Waals surface area contributed by atoms with Crippen molar-refractivity contribution in [2.45, 2.75) is 58.5 Å². The summed E-state index contributed by atoms with van der Waals surface area (Å²) in [5.41, 5.74) is 0.440. The van der Waals surface area contributed by atoms with Gasteiger partial charge in [0.25, 0.3) is 5.91 Å². The molecule has 32 heavy (non-hydrogen) atoms. The summed E-state index contributed by atoms with van der Waals surface area (Å²) < 4.78 is 5.21. The third kappa shape index (κ3) is 6.32. The van der Waals surface area contributed by atoms with Crippen molar-refractivity contribution < 1.29 is 14.3 Å². The highest BCUT2D eigenvalue weighted by molar-refractivity contribution is 6.33. The fraction of sp³-hybridized carbons (Fsp3) is 0.478. The summed E-state index contributed by atoms with van der Waals surface area (Å²) in [4.78, 5) is 33.5. The number of ether oxygens (including phenoxy) is 1. The molecule has 1 aliphatic rings. The van der Waals surface area contributed by atoms with Crippen molar-refractivity contribution in [3.05, 3.63) is 41.2 Å². The van der Waals surface area contributed by atoms with Gasteiger partial charge in [0.2, 0.25) is 11.9 Å². The molecular formula is C23H30ClN5O3. The van der Waals surface area contributed by atoms with E-state index in [2.05, 4.69) is 25.9 Å². The number of benzene rings is 1. The third-order valence-corrected chi connectivity index (χ3v) is 5.64. The summed E-state index contributed by atoms with van der Waals surface area (Å²) in [6, 6.07) is 7.45. The number of hydrogen-bond acceptors (Lipinski definition) is 6. The zero-order valence-corrected chi connectivity index (χ0v) is 19.6. The van der Waals surface area contributed by atoms with E-state index >= 15 is 0 Å². The van der Waals surface area contributed by atoms with E-state index in [9.17, 15) is 9.59 Å². The highest BCUT2D eigenvalue weighted by Crippen LogP contribution is 2.23. The van der Waals surface area contributed by atoms with Gasteiger partial charge in [-0.15, -0.1) is 0 Å². The Bertz CT molecular complexity index is 968. The van der Waals surface area contributed by atoms with Crippen LogP contribution in [0.5, 0.6) is 5.75 Å². The molecule has 0 bridgehead atoms. The van der Waals surface area contributed by atoms with Gasteiger partial charge >= 0.3 is 0 Å². The van der Waals surface area contributed by atoms with Crippen LogP contribution in [0.3, 0.4) is 0 Å². The lowest BCUT2D eigenvalue weighted by atomic mass is 9.89. The lowest BCUT2D eigenvalue weighted by Crippen LogP contribution is -2.46. The van der Waals surface area contributed by atoms with Crippen molar-refractivity contribution in [1.29, 1.82) is 0 Å². The van der Waals surface area contributed by atoms with Crippen LogP contribution in [-0.2, 0) is 4.79 Å². The molecule has 8 nitrogen and oxygen atoms in total. The van der Waals surface area contributed by atoms with E-state index in [1.807, 2.05) is 39.0 Å². The average molecular weight is 460 g/mol. The highest BCUT2D eigenvalue weighted by Gasteiger charge is 2.28. The van der Waals surface area contributed by atoms with E-state index in [4.69, 9.17) is 16.3 Å². The van der Waals surface area contributed by atoms with Crippen LogP contribution in [0.25, 0.3) is 0 Å². The molecule has 0 saturated heterocycles. The van der Waals surface area contributed by atoms with Crippen molar-refractivity contribution in [2.24, 2.45) is 5.41 Å². The Hall–Kier alpha value is -2.87. The van der Waals surface area contributed by atoms with Crippen LogP contribution in [0, 0.1) is 5.41 Å². The Morgan fingerprint density at radius 2 is 1.75 bits per heavy atom. The summed E-state index contributed by atoms with van der Waals surface area (Å²) in [5.74, 6) is 0.666. The average Bonchev–Trinajstić information content (AvgIpc) is 2.76. The molecule has 9 heteroatoms. The first-order valence-electron chi connectivity index (χ1n) is 10.7. The first-order chi connectivity index (χ1) is 15.2. The van der Waals surface area contributed by atoms with Gasteiger partial charge in [0.15, 0.2) is 5.69 Å². The minimum atomic E-state index is -0.411. The summed E-state index contributed by atoms with van der Waals surface area (Å²) in [6.45, 7) is 5.70. The van der Waals surface area contributed by atoms with Crippen molar-refractivity contribution in [3.63, 3.8) is 0 Å². The molecule has 172 valence electrons. The van der Waals surface area contributed by atoms with Crippen LogP contribution in [0.15, 0.2) is 30.5 Å². The molecule has 1 aliphatic carbocycles. The summed E-state index contributed by atoms with van der Waals surface area (Å²) in [6.07, 6.45) is 4.58. The van der Waals surface area contributed by atoms with E-state index in [0.717, 1.165) is 31.4 Å². The second-order valence-corrected chi connectivity index (χ2v) is 9.40. The van der Waals surface area contributed by atoms with Crippen LogP contribution < -0.4 is 20.7 Å². The van der Waals surface area contributed by atoms with Gasteiger partial charge in [0.1, 0.15) is 5.75 Å². The molecule has 2 amide bonds. The Balaban J connectivity index is 1.58. The van der Waals surface area contributed by atoms with Crippen molar-refractivity contribution >= 4 is 35.1 Å². The van der Waals surface area contributed by atoms with E-state index < -0.39 is 5.41 Å². The summed E-state index contributed by atoms with van der Waals surface area (Å²) in [5, 5.41) is 9.36. The molecule has 0 radical (unpaired) electrons. The second-order valence-electron chi connectivity index (χ2n) is 8.99. The SMILES string of the molecule is COc1cccc(Nc2ncc(Cl)c(C(=O)NC3CCC(NC(=O)C(C)(C)C)CC3)n2)c1. The minimum absolute atomic E-state index is 0.00566. The number of hydrogen-bond donors (Lipinski definition) is 3. The Kier molecular flexibility index (Phi) is 7.56. The number of methoxy groups -OCH3 is 1. The van der Waals surface area contributed by atoms with Crippen LogP contribution >= 0.6 is 11.6 Å². The molecule has 2 aromatic rings. The Morgan fingerprint density at radius 1 is 1.09 bits per heavy atom. The molecule has 0 aliphatic heterocycles. The third-order valence-electron chi connectivity index (χ3n) is 5.36. The van der Waals surface area contributed by atoms with E-state index in [0.29, 0.717) is 5.75 Å². The largest absolute Gasteiger partial charge is 0.497 e. The van der Waals surface area contributed by atoms with E-state index in [1.165, 1.54) is 6.20 Å². The van der Waals surface area contributed by atoms with Crippen LogP contribution in [0.1, 0.15) is 56.9 Å². The maximum absolute atomic E-state index is 12.8. The Morgan fingerprint density at radius 3 is 2.38 bits per heavy atom. The monoisotopic (exact) mass is 459 g/mol. The second kappa shape index (κ2) is 10.2. The molecule has 0 spiro atoms. The van der Waals surface area contributed by atoms with Gasteiger partial charge in [0, 0.05) is 29.3 Å². The molecule has 1 aromatic carbocycles. The molecule has 1 heterocycles. The number of rotatable bonds is 6. The molecule has 0 unspecified atom stereocenters. The fourth-order valence-electron chi connectivity index (χ4n) is 3.45. The lowest BCUT2D eigenvalue weighted by molar-refractivity contribution is -0.129. The number of carbonyl (C=O) groups excluding carboxylic acids is 2. The number of halogens is 1. The van der Waals surface area contributed by atoms with Crippen LogP contribution in [0.4, 0.5) is 11.6 Å². The number of nitrogens with one attached hydrogen (secondary N) is 3. The number of carbonyl (C=O) groups is 2. The molecule has 1 saturated carbocycles. The van der Waals surface area contributed by atoms with Crippen molar-refractivity contribution in [1.82, 2.24) is 20.6 Å². The predicted molar refractivity (Wildman–Crippen MR) is 124 cm³/mol. The number of nitrogens with zero attached hydrogens (tertiary/aromatic N) is 2. The standard InChI is InChI=1S/C23H30ClN5O3/c1-23(2,3)21(31)27-15-10-8-14(9-11-15)26-20(30)19-18(24)13-25-22(29-19)28-16-6-5-7-17(12-16)32-4/h5-7,12-15H,8-11H2,1-4H3,(H,26,30)(H,27,31)(H,25,28,29). The molecule has 1 fully saturated rings. The highest BCUT2D eigenvalue weighted by atomic mass is 35.5. The first-order valence-corrected chi connectivity index (χ1v) is 11.1. The normalized spacial score (nSPS) is 18.5. The number of aromatic nitrogens is 2. The lowest BCUT2D eigenvalue weighted by Gasteiger charge is -2.31. The van der Waals surface area contributed by atoms with Gasteiger partial charge in [-0.3, -0.25) is 9.59 Å². The topological polar surface area (TPSA) is 105 Å². The van der Waals surface area contributed by atoms with Crippen LogP contribution in [-0.4, -0.2) is 41.0 Å². The zero-order chi connectivity index (χ0) is 23.3. The first kappa shape index (κ1) is 23.8. The van der Waals surface area contributed by atoms with Gasteiger partial charge in [-0.25, -0.2) is 9.97 Å².